The lowest BCUT2D eigenvalue weighted by molar-refractivity contribution is 0.0701. The van der Waals surface area contributed by atoms with E-state index in [0.29, 0.717) is 16.3 Å². The lowest BCUT2D eigenvalue weighted by Crippen LogP contribution is -2.22. The minimum atomic E-state index is -0.995. The number of aromatic nitrogens is 1. The Morgan fingerprint density at radius 3 is 2.55 bits per heavy atom. The largest absolute Gasteiger partial charge is 0.477 e. The molecule has 0 saturated heterocycles. The van der Waals surface area contributed by atoms with Gasteiger partial charge in [0.05, 0.1) is 12.2 Å². The number of amides is 1. The average Bonchev–Trinajstić information content (AvgIpc) is 2.78. The van der Waals surface area contributed by atoms with E-state index >= 15 is 0 Å². The summed E-state index contributed by atoms with van der Waals surface area (Å²) < 4.78 is 0.899. The van der Waals surface area contributed by atoms with E-state index in [1.807, 2.05) is 0 Å². The molecule has 1 heterocycles. The molecule has 0 atom stereocenters. The van der Waals surface area contributed by atoms with E-state index in [1.165, 1.54) is 0 Å². The maximum absolute atomic E-state index is 11.9. The molecule has 0 spiro atoms. The highest BCUT2D eigenvalue weighted by Gasteiger charge is 2.14. The molecule has 2 rings (SSSR count). The highest BCUT2D eigenvalue weighted by atomic mass is 79.9. The lowest BCUT2D eigenvalue weighted by atomic mass is 10.2. The van der Waals surface area contributed by atoms with Gasteiger partial charge in [-0.3, -0.25) is 4.79 Å². The van der Waals surface area contributed by atoms with E-state index in [-0.39, 0.29) is 17.3 Å². The standard InChI is InChI=1S/C13H11BrN2O3S/c1-7-11(13(18)19)20-10(16-7)6-15-12(17)8-2-4-9(14)5-3-8/h2-5H,6H2,1H3,(H,15,17)(H,18,19). The van der Waals surface area contributed by atoms with E-state index < -0.39 is 5.97 Å². The summed E-state index contributed by atoms with van der Waals surface area (Å²) in [5, 5.41) is 12.2. The molecule has 2 N–H and O–H groups in total. The third-order valence-electron chi connectivity index (χ3n) is 2.54. The number of nitrogens with one attached hydrogen (secondary N) is 1. The molecule has 1 amide bonds. The Labute approximate surface area is 127 Å². The summed E-state index contributed by atoms with van der Waals surface area (Å²) >= 11 is 4.37. The van der Waals surface area contributed by atoms with Gasteiger partial charge in [-0.25, -0.2) is 9.78 Å². The molecule has 7 heteroatoms. The zero-order chi connectivity index (χ0) is 14.7. The molecule has 0 fully saturated rings. The van der Waals surface area contributed by atoms with Gasteiger partial charge in [-0.15, -0.1) is 11.3 Å². The minimum absolute atomic E-state index is 0.206. The van der Waals surface area contributed by atoms with Gasteiger partial charge < -0.3 is 10.4 Å². The number of carboxylic acids is 1. The first-order chi connectivity index (χ1) is 9.47. The second kappa shape index (κ2) is 6.15. The summed E-state index contributed by atoms with van der Waals surface area (Å²) in [5.74, 6) is -1.22. The van der Waals surface area contributed by atoms with Crippen molar-refractivity contribution in [3.05, 3.63) is 49.9 Å². The Balaban J connectivity index is 2.01. The molecule has 0 bridgehead atoms. The molecular weight excluding hydrogens is 344 g/mol. The lowest BCUT2D eigenvalue weighted by Gasteiger charge is -2.03. The topological polar surface area (TPSA) is 79.3 Å². The fourth-order valence-electron chi connectivity index (χ4n) is 1.59. The van der Waals surface area contributed by atoms with Crippen LogP contribution < -0.4 is 5.32 Å². The van der Waals surface area contributed by atoms with Gasteiger partial charge in [-0.2, -0.15) is 0 Å². The number of nitrogens with zero attached hydrogens (tertiary/aromatic N) is 1. The zero-order valence-corrected chi connectivity index (χ0v) is 12.9. The van der Waals surface area contributed by atoms with Crippen LogP contribution in [0, 0.1) is 6.92 Å². The monoisotopic (exact) mass is 354 g/mol. The summed E-state index contributed by atoms with van der Waals surface area (Å²) in [5.41, 5.74) is 1.01. The number of halogens is 1. The van der Waals surface area contributed by atoms with Gasteiger partial charge in [0.2, 0.25) is 0 Å². The van der Waals surface area contributed by atoms with Gasteiger partial charge in [0.25, 0.3) is 5.91 Å². The van der Waals surface area contributed by atoms with Crippen LogP contribution in [-0.2, 0) is 6.54 Å². The van der Waals surface area contributed by atoms with Crippen LogP contribution in [0.15, 0.2) is 28.7 Å². The SMILES string of the molecule is Cc1nc(CNC(=O)c2ccc(Br)cc2)sc1C(=O)O. The molecule has 1 aromatic carbocycles. The third kappa shape index (κ3) is 3.43. The van der Waals surface area contributed by atoms with E-state index in [1.54, 1.807) is 31.2 Å². The van der Waals surface area contributed by atoms with Gasteiger partial charge in [-0.1, -0.05) is 15.9 Å². The van der Waals surface area contributed by atoms with Gasteiger partial charge >= 0.3 is 5.97 Å². The minimum Gasteiger partial charge on any atom is -0.477 e. The van der Waals surface area contributed by atoms with Crippen LogP contribution in [0.3, 0.4) is 0 Å². The van der Waals surface area contributed by atoms with Crippen LogP contribution in [0.1, 0.15) is 30.7 Å². The number of thiazole rings is 1. The van der Waals surface area contributed by atoms with Crippen LogP contribution in [0.25, 0.3) is 0 Å². The fourth-order valence-corrected chi connectivity index (χ4v) is 2.69. The van der Waals surface area contributed by atoms with Crippen LogP contribution >= 0.6 is 27.3 Å². The molecule has 0 saturated carbocycles. The molecule has 0 aliphatic carbocycles. The molecule has 0 radical (unpaired) electrons. The van der Waals surface area contributed by atoms with Crippen LogP contribution in [0.5, 0.6) is 0 Å². The van der Waals surface area contributed by atoms with Crippen molar-refractivity contribution in [1.29, 1.82) is 0 Å². The predicted molar refractivity (Wildman–Crippen MR) is 79.1 cm³/mol. The number of benzene rings is 1. The first-order valence-corrected chi connectivity index (χ1v) is 7.31. The summed E-state index contributed by atoms with van der Waals surface area (Å²) in [6, 6.07) is 6.97. The van der Waals surface area contributed by atoms with Gasteiger partial charge in [-0.05, 0) is 31.2 Å². The normalized spacial score (nSPS) is 10.3. The molecule has 2 aromatic rings. The summed E-state index contributed by atoms with van der Waals surface area (Å²) in [4.78, 5) is 27.1. The summed E-state index contributed by atoms with van der Waals surface area (Å²) in [6.07, 6.45) is 0. The van der Waals surface area contributed by atoms with Gasteiger partial charge in [0.1, 0.15) is 9.88 Å². The highest BCUT2D eigenvalue weighted by Crippen LogP contribution is 2.18. The Morgan fingerprint density at radius 2 is 2.00 bits per heavy atom. The number of hydrogen-bond donors (Lipinski definition) is 2. The molecule has 20 heavy (non-hydrogen) atoms. The number of carboxylic acid groups (broad SMARTS) is 1. The Morgan fingerprint density at radius 1 is 1.35 bits per heavy atom. The average molecular weight is 355 g/mol. The molecule has 0 aliphatic heterocycles. The molecule has 5 nitrogen and oxygen atoms in total. The number of rotatable bonds is 4. The number of carbonyl (C=O) groups is 2. The molecular formula is C13H11BrN2O3S. The van der Waals surface area contributed by atoms with Crippen molar-refractivity contribution in [2.75, 3.05) is 0 Å². The van der Waals surface area contributed by atoms with E-state index in [9.17, 15) is 9.59 Å². The predicted octanol–water partition coefficient (Wildman–Crippen LogP) is 2.84. The number of hydrogen-bond acceptors (Lipinski definition) is 4. The quantitative estimate of drug-likeness (QED) is 0.884. The third-order valence-corrected chi connectivity index (χ3v) is 4.22. The van der Waals surface area contributed by atoms with Crippen molar-refractivity contribution >= 4 is 39.1 Å². The van der Waals surface area contributed by atoms with Crippen molar-refractivity contribution in [3.63, 3.8) is 0 Å². The highest BCUT2D eigenvalue weighted by molar-refractivity contribution is 9.10. The summed E-state index contributed by atoms with van der Waals surface area (Å²) in [6.45, 7) is 1.85. The van der Waals surface area contributed by atoms with E-state index in [4.69, 9.17) is 5.11 Å². The van der Waals surface area contributed by atoms with Crippen molar-refractivity contribution < 1.29 is 14.7 Å². The fraction of sp³-hybridized carbons (Fsp3) is 0.154. The van der Waals surface area contributed by atoms with Crippen molar-refractivity contribution in [2.24, 2.45) is 0 Å². The summed E-state index contributed by atoms with van der Waals surface area (Å²) in [7, 11) is 0. The van der Waals surface area contributed by atoms with Gasteiger partial charge in [0, 0.05) is 10.0 Å². The number of aryl methyl sites for hydroxylation is 1. The van der Waals surface area contributed by atoms with Crippen molar-refractivity contribution in [3.8, 4) is 0 Å². The van der Waals surface area contributed by atoms with Crippen molar-refractivity contribution in [2.45, 2.75) is 13.5 Å². The number of carbonyl (C=O) groups excluding carboxylic acids is 1. The molecule has 0 unspecified atom stereocenters. The zero-order valence-electron chi connectivity index (χ0n) is 10.5. The van der Waals surface area contributed by atoms with E-state index in [2.05, 4.69) is 26.2 Å². The Bertz CT molecular complexity index is 652. The first-order valence-electron chi connectivity index (χ1n) is 5.70. The number of aromatic carboxylic acids is 1. The second-order valence-electron chi connectivity index (χ2n) is 4.02. The van der Waals surface area contributed by atoms with Gasteiger partial charge in [0.15, 0.2) is 0 Å². The first kappa shape index (κ1) is 14.7. The smallest absolute Gasteiger partial charge is 0.347 e. The van der Waals surface area contributed by atoms with E-state index in [0.717, 1.165) is 15.8 Å². The maximum Gasteiger partial charge on any atom is 0.347 e. The molecule has 0 aliphatic rings. The van der Waals surface area contributed by atoms with Crippen molar-refractivity contribution in [1.82, 2.24) is 10.3 Å². The Hall–Kier alpha value is -1.73. The van der Waals surface area contributed by atoms with Crippen LogP contribution in [0.4, 0.5) is 0 Å². The van der Waals surface area contributed by atoms with Crippen LogP contribution in [-0.4, -0.2) is 22.0 Å². The Kier molecular flexibility index (Phi) is 4.51. The van der Waals surface area contributed by atoms with Crippen LogP contribution in [0.2, 0.25) is 0 Å². The molecule has 1 aromatic heterocycles. The maximum atomic E-state index is 11.9. The second-order valence-corrected chi connectivity index (χ2v) is 6.02. The molecule has 104 valence electrons.